The van der Waals surface area contributed by atoms with Gasteiger partial charge in [-0.2, -0.15) is 11.8 Å². The molecule has 1 saturated heterocycles. The van der Waals surface area contributed by atoms with Gasteiger partial charge in [-0.25, -0.2) is 4.39 Å². The molecule has 27 heavy (non-hydrogen) atoms. The second-order valence-corrected chi connectivity index (χ2v) is 8.43. The first-order valence-corrected chi connectivity index (χ1v) is 10.7. The first kappa shape index (κ1) is 18.6. The molecule has 0 bridgehead atoms. The number of thioether (sulfide) groups is 1. The van der Waals surface area contributed by atoms with E-state index in [-0.39, 0.29) is 5.82 Å². The smallest absolute Gasteiger partial charge is 0.147 e. The Hall–Kier alpha value is -1.75. The minimum atomic E-state index is -0.231. The lowest BCUT2D eigenvalue weighted by atomic mass is 10.1. The molecule has 0 N–H and O–H groups in total. The van der Waals surface area contributed by atoms with E-state index in [4.69, 9.17) is 11.6 Å². The second-order valence-electron chi connectivity index (χ2n) is 6.80. The molecule has 5 heteroatoms. The van der Waals surface area contributed by atoms with E-state index in [0.717, 1.165) is 36.6 Å². The molecule has 1 aromatic heterocycles. The lowest BCUT2D eigenvalue weighted by molar-refractivity contribution is 0.294. The van der Waals surface area contributed by atoms with Crippen molar-refractivity contribution in [3.8, 4) is 16.9 Å². The molecule has 2 aromatic carbocycles. The third kappa shape index (κ3) is 3.79. The Morgan fingerprint density at radius 1 is 1.04 bits per heavy atom. The zero-order valence-electron chi connectivity index (χ0n) is 15.3. The minimum Gasteiger partial charge on any atom is -0.311 e. The largest absolute Gasteiger partial charge is 0.311 e. The van der Waals surface area contributed by atoms with Crippen LogP contribution >= 0.6 is 23.4 Å². The number of hydrogen-bond acceptors (Lipinski definition) is 2. The molecular formula is C22H22ClFN2S. The molecule has 0 spiro atoms. The standard InChI is InChI=1S/C22H22ClFN2S/c1-16-17(15-25-10-12-27-13-11-25)14-22(18-6-2-3-7-19(18)23)26(16)21-9-5-4-8-20(21)24/h2-9,14H,10-13,15H2,1H3. The number of benzene rings is 2. The summed E-state index contributed by atoms with van der Waals surface area (Å²) in [5.41, 5.74) is 4.70. The maximum atomic E-state index is 14.7. The van der Waals surface area contributed by atoms with Gasteiger partial charge >= 0.3 is 0 Å². The number of halogens is 2. The maximum absolute atomic E-state index is 14.7. The van der Waals surface area contributed by atoms with Crippen LogP contribution in [0, 0.1) is 12.7 Å². The average molecular weight is 401 g/mol. The molecule has 0 saturated carbocycles. The van der Waals surface area contributed by atoms with Gasteiger partial charge in [0.1, 0.15) is 5.82 Å². The van der Waals surface area contributed by atoms with Crippen molar-refractivity contribution in [3.63, 3.8) is 0 Å². The van der Waals surface area contributed by atoms with Crippen LogP contribution in [-0.2, 0) is 6.54 Å². The molecular weight excluding hydrogens is 379 g/mol. The number of nitrogens with zero attached hydrogens (tertiary/aromatic N) is 2. The first-order valence-electron chi connectivity index (χ1n) is 9.16. The SMILES string of the molecule is Cc1c(CN2CCSCC2)cc(-c2ccccc2Cl)n1-c1ccccc1F. The normalized spacial score (nSPS) is 15.2. The van der Waals surface area contributed by atoms with Gasteiger partial charge in [-0.05, 0) is 36.8 Å². The highest BCUT2D eigenvalue weighted by atomic mass is 35.5. The summed E-state index contributed by atoms with van der Waals surface area (Å²) in [6, 6.07) is 16.9. The summed E-state index contributed by atoms with van der Waals surface area (Å²) in [4.78, 5) is 2.47. The monoisotopic (exact) mass is 400 g/mol. The molecule has 2 nitrogen and oxygen atoms in total. The van der Waals surface area contributed by atoms with Gasteiger partial charge in [0, 0.05) is 47.4 Å². The van der Waals surface area contributed by atoms with E-state index in [0.29, 0.717) is 10.7 Å². The topological polar surface area (TPSA) is 8.17 Å². The maximum Gasteiger partial charge on any atom is 0.147 e. The summed E-state index contributed by atoms with van der Waals surface area (Å²) in [5.74, 6) is 2.11. The Morgan fingerprint density at radius 3 is 2.48 bits per heavy atom. The molecule has 1 aliphatic rings. The molecule has 0 atom stereocenters. The fourth-order valence-electron chi connectivity index (χ4n) is 3.63. The van der Waals surface area contributed by atoms with E-state index in [1.165, 1.54) is 23.1 Å². The summed E-state index contributed by atoms with van der Waals surface area (Å²) in [7, 11) is 0. The van der Waals surface area contributed by atoms with E-state index in [9.17, 15) is 4.39 Å². The van der Waals surface area contributed by atoms with Crippen LogP contribution in [0.15, 0.2) is 54.6 Å². The molecule has 0 amide bonds. The number of hydrogen-bond donors (Lipinski definition) is 0. The third-order valence-electron chi connectivity index (χ3n) is 5.09. The van der Waals surface area contributed by atoms with Crippen molar-refractivity contribution >= 4 is 23.4 Å². The van der Waals surface area contributed by atoms with Crippen molar-refractivity contribution in [1.82, 2.24) is 9.47 Å². The molecule has 0 aliphatic carbocycles. The van der Waals surface area contributed by atoms with Gasteiger partial charge in [0.15, 0.2) is 0 Å². The predicted molar refractivity (Wildman–Crippen MR) is 114 cm³/mol. The highest BCUT2D eigenvalue weighted by Gasteiger charge is 2.20. The fourth-order valence-corrected chi connectivity index (χ4v) is 4.84. The quantitative estimate of drug-likeness (QED) is 0.547. The van der Waals surface area contributed by atoms with Crippen molar-refractivity contribution in [1.29, 1.82) is 0 Å². The van der Waals surface area contributed by atoms with Crippen LogP contribution < -0.4 is 0 Å². The van der Waals surface area contributed by atoms with Crippen LogP contribution in [0.25, 0.3) is 16.9 Å². The molecule has 1 aliphatic heterocycles. The number of para-hydroxylation sites is 1. The summed E-state index contributed by atoms with van der Waals surface area (Å²) in [5, 5.41) is 0.675. The van der Waals surface area contributed by atoms with E-state index < -0.39 is 0 Å². The van der Waals surface area contributed by atoms with Gasteiger partial charge < -0.3 is 4.57 Å². The lowest BCUT2D eigenvalue weighted by Crippen LogP contribution is -2.32. The summed E-state index contributed by atoms with van der Waals surface area (Å²) in [6.45, 7) is 5.14. The van der Waals surface area contributed by atoms with Gasteiger partial charge in [-0.3, -0.25) is 4.90 Å². The van der Waals surface area contributed by atoms with E-state index >= 15 is 0 Å². The van der Waals surface area contributed by atoms with Gasteiger partial charge in [-0.15, -0.1) is 0 Å². The molecule has 0 unspecified atom stereocenters. The van der Waals surface area contributed by atoms with Crippen molar-refractivity contribution in [3.05, 3.63) is 76.7 Å². The van der Waals surface area contributed by atoms with E-state index in [1.807, 2.05) is 52.7 Å². The zero-order chi connectivity index (χ0) is 18.8. The number of aromatic nitrogens is 1. The van der Waals surface area contributed by atoms with Crippen molar-refractivity contribution in [2.45, 2.75) is 13.5 Å². The molecule has 3 aromatic rings. The van der Waals surface area contributed by atoms with Crippen LogP contribution in [0.3, 0.4) is 0 Å². The average Bonchev–Trinajstić information content (AvgIpc) is 2.99. The van der Waals surface area contributed by atoms with Crippen molar-refractivity contribution in [2.24, 2.45) is 0 Å². The fraction of sp³-hybridized carbons (Fsp3) is 0.273. The Morgan fingerprint density at radius 2 is 1.74 bits per heavy atom. The molecule has 140 valence electrons. The zero-order valence-corrected chi connectivity index (χ0v) is 16.9. The van der Waals surface area contributed by atoms with Crippen LogP contribution in [0.4, 0.5) is 4.39 Å². The van der Waals surface area contributed by atoms with E-state index in [1.54, 1.807) is 6.07 Å². The molecule has 2 heterocycles. The third-order valence-corrected chi connectivity index (χ3v) is 6.36. The number of rotatable bonds is 4. The Bertz CT molecular complexity index is 947. The summed E-state index contributed by atoms with van der Waals surface area (Å²) < 4.78 is 16.7. The predicted octanol–water partition coefficient (Wildman–Crippen LogP) is 5.79. The first-order chi connectivity index (χ1) is 13.1. The summed E-state index contributed by atoms with van der Waals surface area (Å²) >= 11 is 8.50. The van der Waals surface area contributed by atoms with Crippen molar-refractivity contribution in [2.75, 3.05) is 24.6 Å². The molecule has 4 rings (SSSR count). The van der Waals surface area contributed by atoms with Gasteiger partial charge in [0.25, 0.3) is 0 Å². The minimum absolute atomic E-state index is 0.231. The lowest BCUT2D eigenvalue weighted by Gasteiger charge is -2.26. The van der Waals surface area contributed by atoms with Crippen LogP contribution in [0.2, 0.25) is 5.02 Å². The Balaban J connectivity index is 1.85. The highest BCUT2D eigenvalue weighted by Crippen LogP contribution is 2.35. The van der Waals surface area contributed by atoms with Crippen LogP contribution in [0.1, 0.15) is 11.3 Å². The Labute approximate surface area is 169 Å². The highest BCUT2D eigenvalue weighted by molar-refractivity contribution is 7.99. The van der Waals surface area contributed by atoms with Crippen LogP contribution in [-0.4, -0.2) is 34.1 Å². The van der Waals surface area contributed by atoms with Crippen LogP contribution in [0.5, 0.6) is 0 Å². The molecule has 1 fully saturated rings. The van der Waals surface area contributed by atoms with E-state index in [2.05, 4.69) is 17.9 Å². The van der Waals surface area contributed by atoms with Gasteiger partial charge in [0.05, 0.1) is 11.4 Å². The van der Waals surface area contributed by atoms with Crippen molar-refractivity contribution < 1.29 is 4.39 Å². The van der Waals surface area contributed by atoms with Gasteiger partial charge in [0.2, 0.25) is 0 Å². The molecule has 0 radical (unpaired) electrons. The second kappa shape index (κ2) is 8.09. The summed E-state index contributed by atoms with van der Waals surface area (Å²) in [6.07, 6.45) is 0. The Kier molecular flexibility index (Phi) is 5.58. The van der Waals surface area contributed by atoms with Gasteiger partial charge in [-0.1, -0.05) is 41.9 Å².